The molecule has 6 heteroatoms. The lowest BCUT2D eigenvalue weighted by Gasteiger charge is -2.34. The van der Waals surface area contributed by atoms with E-state index in [1.807, 2.05) is 36.1 Å². The lowest BCUT2D eigenvalue weighted by atomic mass is 9.95. The Morgan fingerprint density at radius 1 is 1.23 bits per heavy atom. The van der Waals surface area contributed by atoms with Gasteiger partial charge in [-0.15, -0.1) is 0 Å². The fourth-order valence-corrected chi connectivity index (χ4v) is 3.80. The van der Waals surface area contributed by atoms with Crippen molar-refractivity contribution >= 4 is 12.0 Å². The third-order valence-corrected chi connectivity index (χ3v) is 5.14. The number of carbonyl (C=O) groups is 1. The van der Waals surface area contributed by atoms with E-state index in [0.717, 1.165) is 43.0 Å². The Bertz CT molecular complexity index is 687. The van der Waals surface area contributed by atoms with Crippen molar-refractivity contribution in [2.24, 2.45) is 5.92 Å². The second-order valence-corrected chi connectivity index (χ2v) is 6.81. The number of ether oxygens (including phenoxy) is 4. The van der Waals surface area contributed by atoms with Gasteiger partial charge in [-0.2, -0.15) is 0 Å². The zero-order chi connectivity index (χ0) is 17.9. The molecule has 140 valence electrons. The summed E-state index contributed by atoms with van der Waals surface area (Å²) in [6.07, 6.45) is 3.66. The van der Waals surface area contributed by atoms with E-state index in [-0.39, 0.29) is 18.8 Å². The van der Waals surface area contributed by atoms with Gasteiger partial charge in [-0.1, -0.05) is 12.1 Å². The van der Waals surface area contributed by atoms with Crippen LogP contribution in [0.2, 0.25) is 0 Å². The highest BCUT2D eigenvalue weighted by atomic mass is 16.7. The number of rotatable bonds is 4. The van der Waals surface area contributed by atoms with Crippen LogP contribution in [-0.2, 0) is 14.3 Å². The summed E-state index contributed by atoms with van der Waals surface area (Å²) in [6, 6.07) is 5.76. The monoisotopic (exact) mass is 359 g/mol. The number of benzene rings is 1. The molecular weight excluding hydrogens is 334 g/mol. The maximum Gasteiger partial charge on any atom is 0.253 e. The summed E-state index contributed by atoms with van der Waals surface area (Å²) in [6.45, 7) is 5.63. The molecule has 0 unspecified atom stereocenters. The Hall–Kier alpha value is -2.05. The van der Waals surface area contributed by atoms with Crippen molar-refractivity contribution in [3.05, 3.63) is 29.3 Å². The normalized spacial score (nSPS) is 21.1. The minimum atomic E-state index is -0.0895. The van der Waals surface area contributed by atoms with Crippen molar-refractivity contribution in [3.63, 3.8) is 0 Å². The van der Waals surface area contributed by atoms with Crippen LogP contribution in [0.5, 0.6) is 11.5 Å². The lowest BCUT2D eigenvalue weighted by Crippen LogP contribution is -2.42. The molecule has 2 saturated heterocycles. The average Bonchev–Trinajstić information content (AvgIpc) is 3.22. The molecule has 4 rings (SSSR count). The molecule has 6 nitrogen and oxygen atoms in total. The molecule has 0 saturated carbocycles. The van der Waals surface area contributed by atoms with Gasteiger partial charge in [-0.05, 0) is 31.9 Å². The Labute approximate surface area is 153 Å². The van der Waals surface area contributed by atoms with Crippen LogP contribution in [0, 0.1) is 5.92 Å². The first-order valence-electron chi connectivity index (χ1n) is 9.38. The molecule has 26 heavy (non-hydrogen) atoms. The van der Waals surface area contributed by atoms with E-state index in [2.05, 4.69) is 0 Å². The number of likely N-dealkylation sites (tertiary alicyclic amines) is 1. The van der Waals surface area contributed by atoms with Crippen LogP contribution in [0.4, 0.5) is 0 Å². The van der Waals surface area contributed by atoms with Crippen LogP contribution in [0.15, 0.2) is 23.8 Å². The van der Waals surface area contributed by atoms with Gasteiger partial charge in [0.1, 0.15) is 6.61 Å². The van der Waals surface area contributed by atoms with Gasteiger partial charge < -0.3 is 23.8 Å². The molecule has 0 bridgehead atoms. The minimum absolute atomic E-state index is 0.0594. The maximum absolute atomic E-state index is 12.9. The van der Waals surface area contributed by atoms with Crippen LogP contribution in [0.3, 0.4) is 0 Å². The van der Waals surface area contributed by atoms with Crippen LogP contribution >= 0.6 is 0 Å². The molecule has 3 heterocycles. The lowest BCUT2D eigenvalue weighted by molar-refractivity contribution is -0.133. The van der Waals surface area contributed by atoms with Crippen molar-refractivity contribution in [2.45, 2.75) is 26.1 Å². The van der Waals surface area contributed by atoms with Gasteiger partial charge in [0, 0.05) is 24.6 Å². The molecule has 0 atom stereocenters. The van der Waals surface area contributed by atoms with Crippen molar-refractivity contribution in [1.29, 1.82) is 0 Å². The van der Waals surface area contributed by atoms with E-state index < -0.39 is 0 Å². The third-order valence-electron chi connectivity index (χ3n) is 5.14. The zero-order valence-corrected chi connectivity index (χ0v) is 15.1. The fraction of sp³-hybridized carbons (Fsp3) is 0.550. The fourth-order valence-electron chi connectivity index (χ4n) is 3.80. The number of hydrogen-bond acceptors (Lipinski definition) is 5. The highest BCUT2D eigenvalue weighted by molar-refractivity contribution is 5.99. The Morgan fingerprint density at radius 2 is 2.00 bits per heavy atom. The molecule has 1 amide bonds. The SMILES string of the molecule is CCOc1cccc2c1OCC(C(=O)N1CCC(C3OCCO3)CC1)=C2. The first-order valence-corrected chi connectivity index (χ1v) is 9.38. The minimum Gasteiger partial charge on any atom is -0.490 e. The van der Waals surface area contributed by atoms with Crippen molar-refractivity contribution < 1.29 is 23.7 Å². The van der Waals surface area contributed by atoms with Gasteiger partial charge >= 0.3 is 0 Å². The second-order valence-electron chi connectivity index (χ2n) is 6.81. The molecule has 0 spiro atoms. The zero-order valence-electron chi connectivity index (χ0n) is 15.1. The molecule has 0 radical (unpaired) electrons. The number of amides is 1. The van der Waals surface area contributed by atoms with E-state index in [1.165, 1.54) is 0 Å². The quantitative estimate of drug-likeness (QED) is 0.827. The number of piperidine rings is 1. The van der Waals surface area contributed by atoms with Gasteiger partial charge in [0.2, 0.25) is 0 Å². The molecule has 2 fully saturated rings. The first-order chi connectivity index (χ1) is 12.8. The summed E-state index contributed by atoms with van der Waals surface area (Å²) in [5.74, 6) is 1.89. The summed E-state index contributed by atoms with van der Waals surface area (Å²) in [5, 5.41) is 0. The van der Waals surface area contributed by atoms with Gasteiger partial charge in [-0.3, -0.25) is 4.79 Å². The van der Waals surface area contributed by atoms with E-state index >= 15 is 0 Å². The summed E-state index contributed by atoms with van der Waals surface area (Å²) >= 11 is 0. The van der Waals surface area contributed by atoms with Crippen LogP contribution in [0.25, 0.3) is 6.08 Å². The van der Waals surface area contributed by atoms with Crippen LogP contribution in [0.1, 0.15) is 25.3 Å². The van der Waals surface area contributed by atoms with E-state index in [4.69, 9.17) is 18.9 Å². The predicted octanol–water partition coefficient (Wildman–Crippen LogP) is 2.47. The van der Waals surface area contributed by atoms with Gasteiger partial charge in [0.15, 0.2) is 17.8 Å². The second kappa shape index (κ2) is 7.68. The van der Waals surface area contributed by atoms with Crippen molar-refractivity contribution in [2.75, 3.05) is 39.5 Å². The van der Waals surface area contributed by atoms with Crippen molar-refractivity contribution in [3.8, 4) is 11.5 Å². The Balaban J connectivity index is 1.42. The number of fused-ring (bicyclic) bond motifs is 1. The predicted molar refractivity (Wildman–Crippen MR) is 96.1 cm³/mol. The maximum atomic E-state index is 12.9. The highest BCUT2D eigenvalue weighted by Gasteiger charge is 2.33. The number of hydrogen-bond donors (Lipinski definition) is 0. The largest absolute Gasteiger partial charge is 0.490 e. The number of para-hydroxylation sites is 1. The Morgan fingerprint density at radius 3 is 2.73 bits per heavy atom. The summed E-state index contributed by atoms with van der Waals surface area (Å²) in [7, 11) is 0. The summed E-state index contributed by atoms with van der Waals surface area (Å²) in [4.78, 5) is 14.8. The van der Waals surface area contributed by atoms with Gasteiger partial charge in [0.25, 0.3) is 5.91 Å². The number of carbonyl (C=O) groups excluding carboxylic acids is 1. The van der Waals surface area contributed by atoms with Crippen molar-refractivity contribution in [1.82, 2.24) is 4.90 Å². The molecular formula is C20H25NO5. The number of nitrogens with zero attached hydrogens (tertiary/aromatic N) is 1. The van der Waals surface area contributed by atoms with Crippen LogP contribution in [-0.4, -0.2) is 56.6 Å². The third kappa shape index (κ3) is 3.44. The molecule has 0 aromatic heterocycles. The van der Waals surface area contributed by atoms with Crippen LogP contribution < -0.4 is 9.47 Å². The summed E-state index contributed by atoms with van der Waals surface area (Å²) in [5.41, 5.74) is 1.59. The van der Waals surface area contributed by atoms with E-state index in [0.29, 0.717) is 31.3 Å². The molecule has 3 aliphatic rings. The van der Waals surface area contributed by atoms with E-state index in [9.17, 15) is 4.79 Å². The average molecular weight is 359 g/mol. The standard InChI is InChI=1S/C20H25NO5/c1-2-23-17-5-3-4-15-12-16(13-26-18(15)17)19(22)21-8-6-14(7-9-21)20-24-10-11-25-20/h3-5,12,14,20H,2,6-11,13H2,1H3. The van der Waals surface area contributed by atoms with Gasteiger partial charge in [0.05, 0.1) is 25.4 Å². The molecule has 0 N–H and O–H groups in total. The smallest absolute Gasteiger partial charge is 0.253 e. The van der Waals surface area contributed by atoms with E-state index in [1.54, 1.807) is 0 Å². The molecule has 1 aromatic carbocycles. The molecule has 1 aromatic rings. The molecule has 0 aliphatic carbocycles. The topological polar surface area (TPSA) is 57.2 Å². The molecule has 3 aliphatic heterocycles. The first kappa shape index (κ1) is 17.4. The summed E-state index contributed by atoms with van der Waals surface area (Å²) < 4.78 is 22.7. The Kier molecular flexibility index (Phi) is 5.13. The highest BCUT2D eigenvalue weighted by Crippen LogP contribution is 2.36. The van der Waals surface area contributed by atoms with Gasteiger partial charge in [-0.25, -0.2) is 0 Å².